The SMILES string of the molecule is Cc1ncccc1C(=O)Nc1cc(F)cc(CN2CCN(C(=O)C3CCCC3)C(C)C2)c1C. The Morgan fingerprint density at radius 2 is 1.94 bits per heavy atom. The summed E-state index contributed by atoms with van der Waals surface area (Å²) in [4.78, 5) is 34.1. The largest absolute Gasteiger partial charge is 0.337 e. The number of aromatic nitrogens is 1. The van der Waals surface area contributed by atoms with Crippen molar-refractivity contribution in [1.82, 2.24) is 14.8 Å². The zero-order valence-corrected chi connectivity index (χ0v) is 19.7. The molecule has 33 heavy (non-hydrogen) atoms. The minimum atomic E-state index is -0.378. The van der Waals surface area contributed by atoms with Crippen LogP contribution in [-0.2, 0) is 11.3 Å². The van der Waals surface area contributed by atoms with Gasteiger partial charge in [0.25, 0.3) is 5.91 Å². The molecule has 4 rings (SSSR count). The highest BCUT2D eigenvalue weighted by Gasteiger charge is 2.33. The van der Waals surface area contributed by atoms with E-state index in [9.17, 15) is 14.0 Å². The number of carbonyl (C=O) groups excluding carboxylic acids is 2. The molecule has 0 radical (unpaired) electrons. The van der Waals surface area contributed by atoms with Crippen molar-refractivity contribution in [2.45, 2.75) is 59.0 Å². The molecule has 1 aliphatic carbocycles. The molecule has 1 N–H and O–H groups in total. The predicted octanol–water partition coefficient (Wildman–Crippen LogP) is 4.31. The van der Waals surface area contributed by atoms with E-state index in [-0.39, 0.29) is 23.7 Å². The summed E-state index contributed by atoms with van der Waals surface area (Å²) in [6, 6.07) is 6.46. The lowest BCUT2D eigenvalue weighted by molar-refractivity contribution is -0.140. The van der Waals surface area contributed by atoms with Crippen LogP contribution in [0.1, 0.15) is 59.8 Å². The van der Waals surface area contributed by atoms with Crippen LogP contribution in [0.3, 0.4) is 0 Å². The van der Waals surface area contributed by atoms with Gasteiger partial charge in [0.15, 0.2) is 0 Å². The summed E-state index contributed by atoms with van der Waals surface area (Å²) in [5.74, 6) is -0.179. The Morgan fingerprint density at radius 1 is 1.18 bits per heavy atom. The molecule has 2 amide bonds. The molecule has 6 nitrogen and oxygen atoms in total. The van der Waals surface area contributed by atoms with Crippen molar-refractivity contribution in [3.63, 3.8) is 0 Å². The molecular formula is C26H33FN4O2. The van der Waals surface area contributed by atoms with Crippen LogP contribution in [0.5, 0.6) is 0 Å². The Kier molecular flexibility index (Phi) is 7.08. The number of carbonyl (C=O) groups is 2. The summed E-state index contributed by atoms with van der Waals surface area (Å²) < 4.78 is 14.5. The van der Waals surface area contributed by atoms with Crippen LogP contribution < -0.4 is 5.32 Å². The molecule has 1 aromatic carbocycles. The van der Waals surface area contributed by atoms with Crippen molar-refractivity contribution < 1.29 is 14.0 Å². The molecule has 1 aromatic heterocycles. The van der Waals surface area contributed by atoms with E-state index < -0.39 is 0 Å². The molecule has 1 saturated carbocycles. The molecule has 176 valence electrons. The first-order valence-corrected chi connectivity index (χ1v) is 11.9. The molecule has 1 atom stereocenters. The normalized spacial score (nSPS) is 19.6. The number of pyridine rings is 1. The number of aryl methyl sites for hydroxylation is 1. The van der Waals surface area contributed by atoms with Crippen molar-refractivity contribution in [3.8, 4) is 0 Å². The van der Waals surface area contributed by atoms with Gasteiger partial charge in [-0.2, -0.15) is 0 Å². The molecule has 2 aromatic rings. The zero-order valence-electron chi connectivity index (χ0n) is 19.7. The number of piperazine rings is 1. The molecule has 2 fully saturated rings. The number of rotatable bonds is 5. The monoisotopic (exact) mass is 452 g/mol. The van der Waals surface area contributed by atoms with Gasteiger partial charge in [0.05, 0.1) is 5.56 Å². The van der Waals surface area contributed by atoms with Crippen molar-refractivity contribution >= 4 is 17.5 Å². The summed E-state index contributed by atoms with van der Waals surface area (Å²) >= 11 is 0. The van der Waals surface area contributed by atoms with Gasteiger partial charge >= 0.3 is 0 Å². The lowest BCUT2D eigenvalue weighted by Crippen LogP contribution is -2.54. The van der Waals surface area contributed by atoms with Crippen LogP contribution in [0.2, 0.25) is 0 Å². The summed E-state index contributed by atoms with van der Waals surface area (Å²) in [7, 11) is 0. The van der Waals surface area contributed by atoms with E-state index in [1.165, 1.54) is 6.07 Å². The van der Waals surface area contributed by atoms with Crippen LogP contribution in [0.15, 0.2) is 30.5 Å². The van der Waals surface area contributed by atoms with Crippen LogP contribution in [0.25, 0.3) is 0 Å². The summed E-state index contributed by atoms with van der Waals surface area (Å²) in [5, 5.41) is 2.86. The second kappa shape index (κ2) is 10.00. The summed E-state index contributed by atoms with van der Waals surface area (Å²) in [5.41, 5.74) is 3.27. The van der Waals surface area contributed by atoms with E-state index in [1.54, 1.807) is 31.3 Å². The van der Waals surface area contributed by atoms with Crippen LogP contribution in [0, 0.1) is 25.6 Å². The van der Waals surface area contributed by atoms with Crippen molar-refractivity contribution in [2.75, 3.05) is 25.0 Å². The Bertz CT molecular complexity index is 1030. The van der Waals surface area contributed by atoms with Gasteiger partial charge in [-0.1, -0.05) is 12.8 Å². The highest BCUT2D eigenvalue weighted by atomic mass is 19.1. The molecule has 0 bridgehead atoms. The molecular weight excluding hydrogens is 419 g/mol. The van der Waals surface area contributed by atoms with E-state index in [1.807, 2.05) is 11.8 Å². The standard InChI is InChI=1S/C26H33FN4O2/c1-17-15-30(11-12-31(17)26(33)20-7-4-5-8-20)16-21-13-22(27)14-24(18(21)2)29-25(32)23-9-6-10-28-19(23)3/h6,9-10,13-14,17,20H,4-5,7-8,11-12,15-16H2,1-3H3,(H,29,32). The lowest BCUT2D eigenvalue weighted by atomic mass is 10.0. The van der Waals surface area contributed by atoms with Crippen LogP contribution in [0.4, 0.5) is 10.1 Å². The smallest absolute Gasteiger partial charge is 0.257 e. The van der Waals surface area contributed by atoms with Gasteiger partial charge in [0.1, 0.15) is 5.82 Å². The highest BCUT2D eigenvalue weighted by Crippen LogP contribution is 2.29. The molecule has 2 aliphatic rings. The van der Waals surface area contributed by atoms with Crippen LogP contribution in [-0.4, -0.2) is 52.3 Å². The Morgan fingerprint density at radius 3 is 2.64 bits per heavy atom. The van der Waals surface area contributed by atoms with E-state index in [0.717, 1.165) is 49.9 Å². The van der Waals surface area contributed by atoms with Gasteiger partial charge in [-0.3, -0.25) is 19.5 Å². The Hall–Kier alpha value is -2.80. The maximum absolute atomic E-state index is 14.5. The van der Waals surface area contributed by atoms with Gasteiger partial charge in [-0.15, -0.1) is 0 Å². The number of nitrogens with one attached hydrogen (secondary N) is 1. The average molecular weight is 453 g/mol. The number of anilines is 1. The molecule has 1 saturated heterocycles. The minimum Gasteiger partial charge on any atom is -0.337 e. The van der Waals surface area contributed by atoms with Gasteiger partial charge in [-0.25, -0.2) is 4.39 Å². The third-order valence-electron chi connectivity index (χ3n) is 7.07. The molecule has 1 unspecified atom stereocenters. The summed E-state index contributed by atoms with van der Waals surface area (Å²) in [6.45, 7) is 8.57. The molecule has 2 heterocycles. The first-order valence-electron chi connectivity index (χ1n) is 11.9. The Balaban J connectivity index is 1.43. The zero-order chi connectivity index (χ0) is 23.5. The maximum Gasteiger partial charge on any atom is 0.257 e. The third-order valence-corrected chi connectivity index (χ3v) is 7.07. The van der Waals surface area contributed by atoms with Crippen molar-refractivity contribution in [2.24, 2.45) is 5.92 Å². The predicted molar refractivity (Wildman–Crippen MR) is 126 cm³/mol. The van der Waals surface area contributed by atoms with Crippen molar-refractivity contribution in [1.29, 1.82) is 0 Å². The molecule has 0 spiro atoms. The number of benzene rings is 1. The third kappa shape index (κ3) is 5.24. The number of hydrogen-bond acceptors (Lipinski definition) is 4. The van der Waals surface area contributed by atoms with E-state index in [2.05, 4.69) is 22.1 Å². The summed E-state index contributed by atoms with van der Waals surface area (Å²) in [6.07, 6.45) is 5.98. The van der Waals surface area contributed by atoms with E-state index in [0.29, 0.717) is 35.9 Å². The second-order valence-electron chi connectivity index (χ2n) is 9.43. The van der Waals surface area contributed by atoms with E-state index in [4.69, 9.17) is 0 Å². The van der Waals surface area contributed by atoms with Crippen molar-refractivity contribution in [3.05, 3.63) is 58.7 Å². The second-order valence-corrected chi connectivity index (χ2v) is 9.43. The maximum atomic E-state index is 14.5. The fourth-order valence-electron chi connectivity index (χ4n) is 5.10. The Labute approximate surface area is 195 Å². The average Bonchev–Trinajstić information content (AvgIpc) is 3.32. The fraction of sp³-hybridized carbons (Fsp3) is 0.500. The fourth-order valence-corrected chi connectivity index (χ4v) is 5.10. The van der Waals surface area contributed by atoms with Crippen LogP contribution >= 0.6 is 0 Å². The first kappa shape index (κ1) is 23.4. The topological polar surface area (TPSA) is 65.5 Å². The molecule has 7 heteroatoms. The number of hydrogen-bond donors (Lipinski definition) is 1. The van der Waals surface area contributed by atoms with Gasteiger partial charge in [0.2, 0.25) is 5.91 Å². The van der Waals surface area contributed by atoms with Gasteiger partial charge < -0.3 is 10.2 Å². The number of halogens is 1. The molecule has 1 aliphatic heterocycles. The van der Waals surface area contributed by atoms with Gasteiger partial charge in [-0.05, 0) is 69.0 Å². The lowest BCUT2D eigenvalue weighted by Gasteiger charge is -2.41. The van der Waals surface area contributed by atoms with E-state index >= 15 is 0 Å². The first-order chi connectivity index (χ1) is 15.8. The highest BCUT2D eigenvalue weighted by molar-refractivity contribution is 6.05. The van der Waals surface area contributed by atoms with Gasteiger partial charge in [0, 0.05) is 55.7 Å². The quantitative estimate of drug-likeness (QED) is 0.734. The minimum absolute atomic E-state index is 0.133. The number of nitrogens with zero attached hydrogens (tertiary/aromatic N) is 3. The number of amides is 2.